The highest BCUT2D eigenvalue weighted by Gasteiger charge is 2.13. The number of nitrogens with one attached hydrogen (secondary N) is 1. The van der Waals surface area contributed by atoms with Crippen LogP contribution >= 0.6 is 0 Å². The molecule has 136 valence electrons. The van der Waals surface area contributed by atoms with Gasteiger partial charge in [0.2, 0.25) is 0 Å². The SMILES string of the molecule is CCOc1ccc(C#Cc2ccc(C(C)NC(=O)c3cocn3)cc2)cc1. The van der Waals surface area contributed by atoms with Gasteiger partial charge in [-0.2, -0.15) is 0 Å². The number of hydrogen-bond acceptors (Lipinski definition) is 4. The Bertz CT molecular complexity index is 934. The molecule has 0 fully saturated rings. The molecule has 1 amide bonds. The first-order valence-corrected chi connectivity index (χ1v) is 8.69. The molecule has 3 rings (SSSR count). The van der Waals surface area contributed by atoms with Gasteiger partial charge in [0, 0.05) is 11.1 Å². The van der Waals surface area contributed by atoms with Gasteiger partial charge >= 0.3 is 0 Å². The van der Waals surface area contributed by atoms with Crippen LogP contribution in [-0.2, 0) is 0 Å². The molecule has 0 spiro atoms. The Morgan fingerprint density at radius 1 is 1.11 bits per heavy atom. The van der Waals surface area contributed by atoms with Crippen molar-refractivity contribution in [2.24, 2.45) is 0 Å². The molecule has 3 aromatic rings. The second kappa shape index (κ2) is 8.72. The van der Waals surface area contributed by atoms with E-state index in [2.05, 4.69) is 22.1 Å². The fourth-order valence-corrected chi connectivity index (χ4v) is 2.48. The van der Waals surface area contributed by atoms with Crippen molar-refractivity contribution in [1.29, 1.82) is 0 Å². The number of benzene rings is 2. The van der Waals surface area contributed by atoms with Crippen molar-refractivity contribution in [1.82, 2.24) is 10.3 Å². The van der Waals surface area contributed by atoms with Crippen LogP contribution in [0, 0.1) is 11.8 Å². The van der Waals surface area contributed by atoms with Crippen LogP contribution in [0.25, 0.3) is 0 Å². The minimum absolute atomic E-state index is 0.151. The number of ether oxygens (including phenoxy) is 1. The predicted molar refractivity (Wildman–Crippen MR) is 102 cm³/mol. The van der Waals surface area contributed by atoms with E-state index in [-0.39, 0.29) is 17.6 Å². The number of nitrogens with zero attached hydrogens (tertiary/aromatic N) is 1. The molecule has 0 aliphatic rings. The molecular weight excluding hydrogens is 340 g/mol. The standard InChI is InChI=1S/C22H20N2O3/c1-3-27-20-12-8-18(9-13-20)5-4-17-6-10-19(11-7-17)16(2)24-22(25)21-14-26-15-23-21/h6-16H,3H2,1-2H3,(H,24,25). The third kappa shape index (κ3) is 4.99. The van der Waals surface area contributed by atoms with E-state index in [4.69, 9.17) is 9.15 Å². The normalized spacial score (nSPS) is 11.2. The smallest absolute Gasteiger partial charge is 0.273 e. The molecule has 1 aromatic heterocycles. The fraction of sp³-hybridized carbons (Fsp3) is 0.182. The summed E-state index contributed by atoms with van der Waals surface area (Å²) in [6.07, 6.45) is 2.55. The number of oxazole rings is 1. The summed E-state index contributed by atoms with van der Waals surface area (Å²) in [7, 11) is 0. The van der Waals surface area contributed by atoms with E-state index >= 15 is 0 Å². The zero-order chi connectivity index (χ0) is 19.1. The van der Waals surface area contributed by atoms with Crippen LogP contribution in [0.5, 0.6) is 5.75 Å². The third-order valence-corrected chi connectivity index (χ3v) is 3.94. The largest absolute Gasteiger partial charge is 0.494 e. The van der Waals surface area contributed by atoms with Crippen LogP contribution in [0.1, 0.15) is 47.1 Å². The van der Waals surface area contributed by atoms with Crippen LogP contribution in [0.2, 0.25) is 0 Å². The summed E-state index contributed by atoms with van der Waals surface area (Å²) in [4.78, 5) is 15.9. The highest BCUT2D eigenvalue weighted by atomic mass is 16.5. The monoisotopic (exact) mass is 360 g/mol. The van der Waals surface area contributed by atoms with E-state index in [1.165, 1.54) is 12.7 Å². The van der Waals surface area contributed by atoms with E-state index in [0.717, 1.165) is 22.4 Å². The van der Waals surface area contributed by atoms with Gasteiger partial charge in [-0.1, -0.05) is 24.0 Å². The second-order valence-electron chi connectivity index (χ2n) is 5.90. The number of carbonyl (C=O) groups excluding carboxylic acids is 1. The quantitative estimate of drug-likeness (QED) is 0.700. The lowest BCUT2D eigenvalue weighted by molar-refractivity contribution is 0.0935. The van der Waals surface area contributed by atoms with Gasteiger partial charge in [-0.05, 0) is 55.8 Å². The van der Waals surface area contributed by atoms with Gasteiger partial charge in [0.05, 0.1) is 12.6 Å². The Labute approximate surface area is 158 Å². The molecule has 2 aromatic carbocycles. The summed E-state index contributed by atoms with van der Waals surface area (Å²) < 4.78 is 10.2. The number of amides is 1. The van der Waals surface area contributed by atoms with Crippen LogP contribution in [0.15, 0.2) is 65.6 Å². The Kier molecular flexibility index (Phi) is 5.91. The van der Waals surface area contributed by atoms with E-state index in [1.807, 2.05) is 62.4 Å². The average molecular weight is 360 g/mol. The number of rotatable bonds is 5. The molecule has 0 bridgehead atoms. The summed E-state index contributed by atoms with van der Waals surface area (Å²) >= 11 is 0. The summed E-state index contributed by atoms with van der Waals surface area (Å²) in [5.41, 5.74) is 3.08. The number of carbonyl (C=O) groups is 1. The Morgan fingerprint density at radius 2 is 1.74 bits per heavy atom. The predicted octanol–water partition coefficient (Wildman–Crippen LogP) is 3.96. The van der Waals surface area contributed by atoms with Gasteiger partial charge < -0.3 is 14.5 Å². The zero-order valence-electron chi connectivity index (χ0n) is 15.2. The first kappa shape index (κ1) is 18.3. The third-order valence-electron chi connectivity index (χ3n) is 3.94. The van der Waals surface area contributed by atoms with Gasteiger partial charge in [0.15, 0.2) is 12.1 Å². The molecule has 0 saturated heterocycles. The lowest BCUT2D eigenvalue weighted by Crippen LogP contribution is -2.26. The Balaban J connectivity index is 1.62. The summed E-state index contributed by atoms with van der Waals surface area (Å²) in [6, 6.07) is 15.3. The first-order chi connectivity index (χ1) is 13.2. The second-order valence-corrected chi connectivity index (χ2v) is 5.90. The van der Waals surface area contributed by atoms with Crippen molar-refractivity contribution in [2.45, 2.75) is 19.9 Å². The summed E-state index contributed by atoms with van der Waals surface area (Å²) in [6.45, 7) is 4.52. The number of aromatic nitrogens is 1. The van der Waals surface area contributed by atoms with Crippen molar-refractivity contribution < 1.29 is 13.9 Å². The lowest BCUT2D eigenvalue weighted by Gasteiger charge is -2.13. The van der Waals surface area contributed by atoms with Gasteiger partial charge in [-0.3, -0.25) is 4.79 Å². The average Bonchev–Trinajstić information content (AvgIpc) is 3.23. The van der Waals surface area contributed by atoms with Crippen molar-refractivity contribution in [2.75, 3.05) is 6.61 Å². The van der Waals surface area contributed by atoms with E-state index in [1.54, 1.807) is 0 Å². The molecule has 5 nitrogen and oxygen atoms in total. The van der Waals surface area contributed by atoms with Gasteiger partial charge in [0.25, 0.3) is 5.91 Å². The van der Waals surface area contributed by atoms with Crippen molar-refractivity contribution in [3.63, 3.8) is 0 Å². The van der Waals surface area contributed by atoms with E-state index in [0.29, 0.717) is 6.61 Å². The lowest BCUT2D eigenvalue weighted by atomic mass is 10.1. The molecule has 1 heterocycles. The van der Waals surface area contributed by atoms with E-state index < -0.39 is 0 Å². The molecule has 0 aliphatic carbocycles. The molecule has 1 unspecified atom stereocenters. The minimum atomic E-state index is -0.268. The topological polar surface area (TPSA) is 64.4 Å². The van der Waals surface area contributed by atoms with Crippen molar-refractivity contribution in [3.05, 3.63) is 83.6 Å². The van der Waals surface area contributed by atoms with Gasteiger partial charge in [-0.25, -0.2) is 4.98 Å². The molecule has 27 heavy (non-hydrogen) atoms. The Morgan fingerprint density at radius 3 is 2.30 bits per heavy atom. The first-order valence-electron chi connectivity index (χ1n) is 8.69. The van der Waals surface area contributed by atoms with Crippen LogP contribution in [0.3, 0.4) is 0 Å². The molecule has 0 radical (unpaired) electrons. The molecule has 1 N–H and O–H groups in total. The fourth-order valence-electron chi connectivity index (χ4n) is 2.48. The number of hydrogen-bond donors (Lipinski definition) is 1. The van der Waals surface area contributed by atoms with Crippen molar-refractivity contribution in [3.8, 4) is 17.6 Å². The van der Waals surface area contributed by atoms with Crippen LogP contribution < -0.4 is 10.1 Å². The molecule has 0 saturated carbocycles. The summed E-state index contributed by atoms with van der Waals surface area (Å²) in [5.74, 6) is 6.85. The maximum atomic E-state index is 12.0. The minimum Gasteiger partial charge on any atom is -0.494 e. The van der Waals surface area contributed by atoms with Crippen LogP contribution in [-0.4, -0.2) is 17.5 Å². The van der Waals surface area contributed by atoms with Gasteiger partial charge in [-0.15, -0.1) is 0 Å². The Hall–Kier alpha value is -3.52. The molecule has 1 atom stereocenters. The maximum Gasteiger partial charge on any atom is 0.273 e. The van der Waals surface area contributed by atoms with Crippen LogP contribution in [0.4, 0.5) is 0 Å². The summed E-state index contributed by atoms with van der Waals surface area (Å²) in [5, 5.41) is 2.88. The highest BCUT2D eigenvalue weighted by Crippen LogP contribution is 2.14. The van der Waals surface area contributed by atoms with E-state index in [9.17, 15) is 4.79 Å². The molecular formula is C22H20N2O3. The molecule has 0 aliphatic heterocycles. The highest BCUT2D eigenvalue weighted by molar-refractivity contribution is 5.92. The molecule has 5 heteroatoms. The zero-order valence-corrected chi connectivity index (χ0v) is 15.2. The maximum absolute atomic E-state index is 12.0. The van der Waals surface area contributed by atoms with Gasteiger partial charge in [0.1, 0.15) is 12.0 Å². The van der Waals surface area contributed by atoms with Crippen molar-refractivity contribution >= 4 is 5.91 Å².